The molecule has 0 saturated carbocycles. The lowest BCUT2D eigenvalue weighted by atomic mass is 9.95. The number of aliphatic hydroxyl groups excluding tert-OH is 2. The summed E-state index contributed by atoms with van der Waals surface area (Å²) in [5.74, 6) is 0.318. The van der Waals surface area contributed by atoms with Crippen molar-refractivity contribution in [2.24, 2.45) is 0 Å². The maximum absolute atomic E-state index is 13.3. The molecule has 7 nitrogen and oxygen atoms in total. The van der Waals surface area contributed by atoms with Crippen LogP contribution in [0.3, 0.4) is 0 Å². The molecular formula is C30H31N3O4. The minimum absolute atomic E-state index is 0.125. The second-order valence-electron chi connectivity index (χ2n) is 8.63. The predicted octanol–water partition coefficient (Wildman–Crippen LogP) is 4.36. The van der Waals surface area contributed by atoms with Crippen molar-refractivity contribution in [2.75, 3.05) is 6.61 Å². The summed E-state index contributed by atoms with van der Waals surface area (Å²) in [7, 11) is 0. The quantitative estimate of drug-likeness (QED) is 0.284. The summed E-state index contributed by atoms with van der Waals surface area (Å²) >= 11 is 0. The van der Waals surface area contributed by atoms with Crippen LogP contribution in [0.1, 0.15) is 57.6 Å². The van der Waals surface area contributed by atoms with Crippen molar-refractivity contribution in [3.63, 3.8) is 0 Å². The van der Waals surface area contributed by atoms with Gasteiger partial charge in [-0.2, -0.15) is 0 Å². The summed E-state index contributed by atoms with van der Waals surface area (Å²) in [5.41, 5.74) is 3.50. The van der Waals surface area contributed by atoms with Gasteiger partial charge in [-0.3, -0.25) is 4.79 Å². The van der Waals surface area contributed by atoms with Gasteiger partial charge in [0.1, 0.15) is 17.8 Å². The van der Waals surface area contributed by atoms with Crippen molar-refractivity contribution in [1.82, 2.24) is 15.3 Å². The first kappa shape index (κ1) is 26.0. The minimum atomic E-state index is -0.870. The first-order chi connectivity index (χ1) is 18.1. The van der Waals surface area contributed by atoms with Crippen LogP contribution < -0.4 is 10.1 Å². The fourth-order valence-electron chi connectivity index (χ4n) is 4.20. The number of aliphatic hydroxyl groups is 2. The molecule has 1 heterocycles. The second-order valence-corrected chi connectivity index (χ2v) is 8.63. The molecule has 4 rings (SSSR count). The predicted molar refractivity (Wildman–Crippen MR) is 141 cm³/mol. The number of nitrogens with one attached hydrogen (secondary N) is 1. The number of aromatic nitrogens is 2. The normalized spacial score (nSPS) is 12.5. The molecule has 0 saturated heterocycles. The lowest BCUT2D eigenvalue weighted by Crippen LogP contribution is -2.27. The molecule has 190 valence electrons. The summed E-state index contributed by atoms with van der Waals surface area (Å²) in [4.78, 5) is 22.0. The van der Waals surface area contributed by atoms with Crippen LogP contribution in [0.2, 0.25) is 0 Å². The van der Waals surface area contributed by atoms with Crippen molar-refractivity contribution < 1.29 is 19.7 Å². The molecule has 0 aliphatic carbocycles. The first-order valence-corrected chi connectivity index (χ1v) is 12.3. The maximum atomic E-state index is 13.3. The number of hydrogen-bond acceptors (Lipinski definition) is 6. The molecule has 0 bridgehead atoms. The highest BCUT2D eigenvalue weighted by Crippen LogP contribution is 2.26. The first-order valence-electron chi connectivity index (χ1n) is 12.3. The summed E-state index contributed by atoms with van der Waals surface area (Å²) in [6.07, 6.45) is -0.0616. The van der Waals surface area contributed by atoms with E-state index >= 15 is 0 Å². The Kier molecular flexibility index (Phi) is 8.97. The highest BCUT2D eigenvalue weighted by Gasteiger charge is 2.23. The zero-order chi connectivity index (χ0) is 26.0. The van der Waals surface area contributed by atoms with Gasteiger partial charge in [-0.25, -0.2) is 9.97 Å². The van der Waals surface area contributed by atoms with Gasteiger partial charge in [-0.1, -0.05) is 78.9 Å². The number of ether oxygens (including phenoxy) is 1. The SMILES string of the molecule is CCOc1ccccc1CNC(=O)c1ncnc(CC(O)c2ccccc2)c1CC(O)c1ccccc1. The molecule has 3 aromatic carbocycles. The van der Waals surface area contributed by atoms with Crippen molar-refractivity contribution in [3.05, 3.63) is 125 Å². The van der Waals surface area contributed by atoms with E-state index < -0.39 is 12.2 Å². The van der Waals surface area contributed by atoms with Crippen LogP contribution in [0.25, 0.3) is 0 Å². The summed E-state index contributed by atoms with van der Waals surface area (Å²) < 4.78 is 5.67. The van der Waals surface area contributed by atoms with Crippen molar-refractivity contribution in [3.8, 4) is 5.75 Å². The van der Waals surface area contributed by atoms with Crippen LogP contribution in [-0.2, 0) is 19.4 Å². The number of carbonyl (C=O) groups is 1. The zero-order valence-electron chi connectivity index (χ0n) is 20.7. The zero-order valence-corrected chi connectivity index (χ0v) is 20.7. The lowest BCUT2D eigenvalue weighted by molar-refractivity contribution is 0.0942. The Bertz CT molecular complexity index is 1300. The van der Waals surface area contributed by atoms with E-state index in [2.05, 4.69) is 15.3 Å². The molecule has 0 aliphatic rings. The Labute approximate surface area is 216 Å². The molecule has 0 spiro atoms. The van der Waals surface area contributed by atoms with Gasteiger partial charge in [0.05, 0.1) is 24.5 Å². The van der Waals surface area contributed by atoms with E-state index in [1.807, 2.05) is 91.9 Å². The molecule has 1 amide bonds. The van der Waals surface area contributed by atoms with Gasteiger partial charge in [0.2, 0.25) is 0 Å². The molecule has 3 N–H and O–H groups in total. The third-order valence-corrected chi connectivity index (χ3v) is 6.11. The molecule has 0 aliphatic heterocycles. The standard InChI is InChI=1S/C30H31N3O4/c1-2-37-28-16-10-9-15-23(28)19-31-30(36)29-24(17-26(34)21-11-5-3-6-12-21)25(32-20-33-29)18-27(35)22-13-7-4-8-14-22/h3-16,20,26-27,34-35H,2,17-19H2,1H3,(H,31,36). The van der Waals surface area contributed by atoms with E-state index in [-0.39, 0.29) is 31.0 Å². The highest BCUT2D eigenvalue weighted by atomic mass is 16.5. The van der Waals surface area contributed by atoms with Gasteiger partial charge in [-0.05, 0) is 24.1 Å². The van der Waals surface area contributed by atoms with Crippen molar-refractivity contribution in [1.29, 1.82) is 0 Å². The van der Waals surface area contributed by atoms with Crippen LogP contribution in [0.15, 0.2) is 91.3 Å². The smallest absolute Gasteiger partial charge is 0.270 e. The van der Waals surface area contributed by atoms with Gasteiger partial charge in [-0.15, -0.1) is 0 Å². The number of hydrogen-bond donors (Lipinski definition) is 3. The van der Waals surface area contributed by atoms with Crippen LogP contribution in [0.4, 0.5) is 0 Å². The average Bonchev–Trinajstić information content (AvgIpc) is 2.94. The van der Waals surface area contributed by atoms with E-state index in [9.17, 15) is 15.0 Å². The van der Waals surface area contributed by atoms with Gasteiger partial charge in [0.25, 0.3) is 5.91 Å². The number of nitrogens with zero attached hydrogens (tertiary/aromatic N) is 2. The Morgan fingerprint density at radius 2 is 1.43 bits per heavy atom. The number of benzene rings is 3. The van der Waals surface area contributed by atoms with Crippen LogP contribution in [0, 0.1) is 0 Å². The van der Waals surface area contributed by atoms with Gasteiger partial charge < -0.3 is 20.3 Å². The number of para-hydroxylation sites is 1. The Balaban J connectivity index is 1.62. The van der Waals surface area contributed by atoms with E-state index in [0.717, 1.165) is 16.7 Å². The number of carbonyl (C=O) groups excluding carboxylic acids is 1. The van der Waals surface area contributed by atoms with Crippen molar-refractivity contribution in [2.45, 2.75) is 38.5 Å². The lowest BCUT2D eigenvalue weighted by Gasteiger charge is -2.19. The van der Waals surface area contributed by atoms with Crippen LogP contribution in [-0.4, -0.2) is 32.7 Å². The molecule has 7 heteroatoms. The summed E-state index contributed by atoms with van der Waals surface area (Å²) in [6.45, 7) is 2.68. The van der Waals surface area contributed by atoms with Crippen LogP contribution >= 0.6 is 0 Å². The average molecular weight is 498 g/mol. The Morgan fingerprint density at radius 3 is 2.08 bits per heavy atom. The molecule has 1 aromatic heterocycles. The molecule has 37 heavy (non-hydrogen) atoms. The fraction of sp³-hybridized carbons (Fsp3) is 0.233. The third-order valence-electron chi connectivity index (χ3n) is 6.11. The number of amides is 1. The van der Waals surface area contributed by atoms with Crippen LogP contribution in [0.5, 0.6) is 5.75 Å². The number of rotatable bonds is 11. The van der Waals surface area contributed by atoms with E-state index in [1.165, 1.54) is 6.33 Å². The fourth-order valence-corrected chi connectivity index (χ4v) is 4.20. The van der Waals surface area contributed by atoms with E-state index in [4.69, 9.17) is 4.74 Å². The largest absolute Gasteiger partial charge is 0.494 e. The second kappa shape index (κ2) is 12.8. The molecule has 2 atom stereocenters. The van der Waals surface area contributed by atoms with Crippen molar-refractivity contribution >= 4 is 5.91 Å². The van der Waals surface area contributed by atoms with Gasteiger partial charge in [0, 0.05) is 30.5 Å². The molecular weight excluding hydrogens is 466 g/mol. The molecule has 2 unspecified atom stereocenters. The Morgan fingerprint density at radius 1 is 0.838 bits per heavy atom. The highest BCUT2D eigenvalue weighted by molar-refractivity contribution is 5.93. The van der Waals surface area contributed by atoms with Gasteiger partial charge >= 0.3 is 0 Å². The molecule has 0 radical (unpaired) electrons. The van der Waals surface area contributed by atoms with Gasteiger partial charge in [0.15, 0.2) is 0 Å². The molecule has 4 aromatic rings. The molecule has 0 fully saturated rings. The van der Waals surface area contributed by atoms with E-state index in [1.54, 1.807) is 0 Å². The Hall–Kier alpha value is -4.07. The van der Waals surface area contributed by atoms with E-state index in [0.29, 0.717) is 23.6 Å². The maximum Gasteiger partial charge on any atom is 0.270 e. The monoisotopic (exact) mass is 497 g/mol. The minimum Gasteiger partial charge on any atom is -0.494 e. The summed E-state index contributed by atoms with van der Waals surface area (Å²) in [5, 5.41) is 24.8. The third kappa shape index (κ3) is 6.78. The summed E-state index contributed by atoms with van der Waals surface area (Å²) in [6, 6.07) is 26.1. The topological polar surface area (TPSA) is 105 Å².